The van der Waals surface area contributed by atoms with E-state index in [1.165, 1.54) is 0 Å². The predicted octanol–water partition coefficient (Wildman–Crippen LogP) is 11.3. The third-order valence-electron chi connectivity index (χ3n) is 8.70. The minimum absolute atomic E-state index is 0.682. The first kappa shape index (κ1) is 27.0. The first-order valence-corrected chi connectivity index (χ1v) is 15.7. The van der Waals surface area contributed by atoms with Crippen LogP contribution in [0.4, 0.5) is 0 Å². The van der Waals surface area contributed by atoms with Gasteiger partial charge in [-0.05, 0) is 41.5 Å². The van der Waals surface area contributed by atoms with Crippen molar-refractivity contribution in [1.82, 2.24) is 15.0 Å². The van der Waals surface area contributed by atoms with Crippen LogP contribution in [-0.2, 0) is 0 Å². The van der Waals surface area contributed by atoms with Gasteiger partial charge in [-0.25, -0.2) is 15.0 Å². The molecule has 3 aromatic heterocycles. The quantitative estimate of drug-likeness (QED) is 0.197. The molecule has 0 bridgehead atoms. The second-order valence-electron chi connectivity index (χ2n) is 11.6. The lowest BCUT2D eigenvalue weighted by Crippen LogP contribution is -1.96. The topological polar surface area (TPSA) is 51.8 Å². The summed E-state index contributed by atoms with van der Waals surface area (Å²) in [7, 11) is 0. The summed E-state index contributed by atoms with van der Waals surface area (Å²) in [4.78, 5) is 15.3. The van der Waals surface area contributed by atoms with E-state index in [0.29, 0.717) is 5.82 Å². The van der Waals surface area contributed by atoms with E-state index < -0.39 is 0 Å². The van der Waals surface area contributed by atoms with Crippen LogP contribution in [0, 0.1) is 0 Å². The Labute approximate surface area is 271 Å². The van der Waals surface area contributed by atoms with Crippen molar-refractivity contribution in [2.75, 3.05) is 0 Å². The lowest BCUT2D eigenvalue weighted by atomic mass is 9.97. The van der Waals surface area contributed by atoms with Gasteiger partial charge in [0, 0.05) is 38.4 Å². The van der Waals surface area contributed by atoms with Gasteiger partial charge in [-0.2, -0.15) is 0 Å². The fourth-order valence-electron chi connectivity index (χ4n) is 6.49. The van der Waals surface area contributed by atoms with Gasteiger partial charge in [0.2, 0.25) is 0 Å². The monoisotopic (exact) mass is 601 g/mol. The Hall–Kier alpha value is -6.39. The van der Waals surface area contributed by atoms with Crippen molar-refractivity contribution in [3.63, 3.8) is 0 Å². The second kappa shape index (κ2) is 11.2. The zero-order chi connectivity index (χ0) is 31.2. The summed E-state index contributed by atoms with van der Waals surface area (Å²) >= 11 is 0. The third kappa shape index (κ3) is 4.75. The summed E-state index contributed by atoms with van der Waals surface area (Å²) in [5.41, 5.74) is 11.4. The van der Waals surface area contributed by atoms with Gasteiger partial charge < -0.3 is 4.42 Å². The molecule has 0 saturated heterocycles. The molecule has 0 spiro atoms. The minimum atomic E-state index is 0.682. The summed E-state index contributed by atoms with van der Waals surface area (Å²) in [6, 6.07) is 56.0. The van der Waals surface area contributed by atoms with Crippen molar-refractivity contribution in [3.8, 4) is 56.3 Å². The summed E-state index contributed by atoms with van der Waals surface area (Å²) < 4.78 is 6.70. The van der Waals surface area contributed by atoms with Gasteiger partial charge in [-0.1, -0.05) is 133 Å². The van der Waals surface area contributed by atoms with Crippen molar-refractivity contribution >= 4 is 32.8 Å². The molecule has 0 unspecified atom stereocenters. The van der Waals surface area contributed by atoms with E-state index in [1.54, 1.807) is 0 Å². The standard InChI is InChI=1S/C43H27N3O/c1-4-14-28(15-5-1)35-26-38(44-36-24-11-10-20-31(35)36)33-22-12-23-34-41-32(21-13-25-40(41)47-42(33)34)39-27-37(29-16-6-2-7-17-29)45-43(46-39)30-18-8-3-9-19-30/h1-27H. The molecule has 0 radical (unpaired) electrons. The number of hydrogen-bond donors (Lipinski definition) is 0. The van der Waals surface area contributed by atoms with Gasteiger partial charge in [0.25, 0.3) is 0 Å². The Morgan fingerprint density at radius 2 is 0.979 bits per heavy atom. The third-order valence-corrected chi connectivity index (χ3v) is 8.70. The Morgan fingerprint density at radius 3 is 1.77 bits per heavy atom. The van der Waals surface area contributed by atoms with Gasteiger partial charge in [0.1, 0.15) is 11.2 Å². The normalized spacial score (nSPS) is 11.4. The molecule has 0 atom stereocenters. The number of nitrogens with zero attached hydrogens (tertiary/aromatic N) is 3. The highest BCUT2D eigenvalue weighted by Crippen LogP contribution is 2.42. The fraction of sp³-hybridized carbons (Fsp3) is 0. The largest absolute Gasteiger partial charge is 0.455 e. The van der Waals surface area contributed by atoms with Crippen molar-refractivity contribution < 1.29 is 4.42 Å². The summed E-state index contributed by atoms with van der Waals surface area (Å²) in [6.07, 6.45) is 0. The highest BCUT2D eigenvalue weighted by Gasteiger charge is 2.20. The lowest BCUT2D eigenvalue weighted by molar-refractivity contribution is 0.670. The number of aromatic nitrogens is 3. The average molecular weight is 602 g/mol. The number of hydrogen-bond acceptors (Lipinski definition) is 4. The van der Waals surface area contributed by atoms with Gasteiger partial charge >= 0.3 is 0 Å². The Bertz CT molecular complexity index is 2500. The van der Waals surface area contributed by atoms with Gasteiger partial charge in [-0.15, -0.1) is 0 Å². The molecule has 9 aromatic rings. The average Bonchev–Trinajstić information content (AvgIpc) is 3.54. The van der Waals surface area contributed by atoms with Crippen LogP contribution in [0.2, 0.25) is 0 Å². The van der Waals surface area contributed by atoms with Crippen LogP contribution < -0.4 is 0 Å². The number of pyridine rings is 1. The summed E-state index contributed by atoms with van der Waals surface area (Å²) in [5, 5.41) is 3.16. The molecule has 0 amide bonds. The maximum atomic E-state index is 6.70. The number of rotatable bonds is 5. The van der Waals surface area contributed by atoms with E-state index in [4.69, 9.17) is 19.4 Å². The van der Waals surface area contributed by atoms with Gasteiger partial charge in [0.05, 0.1) is 22.6 Å². The maximum absolute atomic E-state index is 6.70. The number of furan rings is 1. The van der Waals surface area contributed by atoms with Crippen LogP contribution in [0.5, 0.6) is 0 Å². The zero-order valence-corrected chi connectivity index (χ0v) is 25.3. The summed E-state index contributed by atoms with van der Waals surface area (Å²) in [5.74, 6) is 0.682. The number of para-hydroxylation sites is 2. The van der Waals surface area contributed by atoms with Gasteiger partial charge in [-0.3, -0.25) is 0 Å². The molecule has 0 aliphatic heterocycles. The first-order valence-electron chi connectivity index (χ1n) is 15.7. The molecule has 9 rings (SSSR count). The molecule has 220 valence electrons. The van der Waals surface area contributed by atoms with E-state index >= 15 is 0 Å². The Morgan fingerprint density at radius 1 is 0.383 bits per heavy atom. The van der Waals surface area contributed by atoms with Crippen molar-refractivity contribution in [2.24, 2.45) is 0 Å². The Balaban J connectivity index is 1.27. The Kier molecular flexibility index (Phi) is 6.43. The zero-order valence-electron chi connectivity index (χ0n) is 25.3. The smallest absolute Gasteiger partial charge is 0.160 e. The van der Waals surface area contributed by atoms with Crippen molar-refractivity contribution in [1.29, 1.82) is 0 Å². The van der Waals surface area contributed by atoms with Crippen LogP contribution in [-0.4, -0.2) is 15.0 Å². The van der Waals surface area contributed by atoms with Crippen LogP contribution in [0.1, 0.15) is 0 Å². The number of benzene rings is 6. The van der Waals surface area contributed by atoms with Crippen LogP contribution in [0.25, 0.3) is 89.1 Å². The van der Waals surface area contributed by atoms with Crippen molar-refractivity contribution in [2.45, 2.75) is 0 Å². The maximum Gasteiger partial charge on any atom is 0.160 e. The first-order chi connectivity index (χ1) is 23.3. The SMILES string of the molecule is c1ccc(-c2cc(-c3cccc4oc5c(-c6cc(-c7ccccc7)c7ccccc7n6)cccc5c34)nc(-c3ccccc3)n2)cc1. The lowest BCUT2D eigenvalue weighted by Gasteiger charge is -2.11. The molecule has 0 fully saturated rings. The van der Waals surface area contributed by atoms with Crippen LogP contribution in [0.3, 0.4) is 0 Å². The number of fused-ring (bicyclic) bond motifs is 4. The fourth-order valence-corrected chi connectivity index (χ4v) is 6.49. The molecule has 3 heterocycles. The van der Waals surface area contributed by atoms with E-state index in [1.807, 2.05) is 72.8 Å². The predicted molar refractivity (Wildman–Crippen MR) is 192 cm³/mol. The molecule has 0 N–H and O–H groups in total. The van der Waals surface area contributed by atoms with Gasteiger partial charge in [0.15, 0.2) is 5.82 Å². The molecule has 4 nitrogen and oxygen atoms in total. The summed E-state index contributed by atoms with van der Waals surface area (Å²) in [6.45, 7) is 0. The van der Waals surface area contributed by atoms with Crippen LogP contribution >= 0.6 is 0 Å². The molecule has 4 heteroatoms. The minimum Gasteiger partial charge on any atom is -0.455 e. The molecule has 0 saturated carbocycles. The molecular formula is C43H27N3O. The molecule has 0 aliphatic rings. The van der Waals surface area contributed by atoms with E-state index in [2.05, 4.69) is 91.0 Å². The van der Waals surface area contributed by atoms with E-state index in [-0.39, 0.29) is 0 Å². The molecule has 47 heavy (non-hydrogen) atoms. The molecule has 6 aromatic carbocycles. The molecular weight excluding hydrogens is 574 g/mol. The van der Waals surface area contributed by atoms with E-state index in [9.17, 15) is 0 Å². The highest BCUT2D eigenvalue weighted by atomic mass is 16.3. The molecule has 0 aliphatic carbocycles. The van der Waals surface area contributed by atoms with Crippen molar-refractivity contribution in [3.05, 3.63) is 164 Å². The van der Waals surface area contributed by atoms with E-state index in [0.717, 1.165) is 83.3 Å². The highest BCUT2D eigenvalue weighted by molar-refractivity contribution is 6.15. The second-order valence-corrected chi connectivity index (χ2v) is 11.6. The van der Waals surface area contributed by atoms with Crippen LogP contribution in [0.15, 0.2) is 168 Å².